The quantitative estimate of drug-likeness (QED) is 0.804. The number of benzene rings is 2. The van der Waals surface area contributed by atoms with Crippen LogP contribution in [-0.4, -0.2) is 25.6 Å². The number of halogens is 1. The Kier molecular flexibility index (Phi) is 5.78. The van der Waals surface area contributed by atoms with Gasteiger partial charge in [-0.15, -0.1) is 0 Å². The predicted octanol–water partition coefficient (Wildman–Crippen LogP) is 4.02. The summed E-state index contributed by atoms with van der Waals surface area (Å²) in [5, 5.41) is 2.99. The van der Waals surface area contributed by atoms with Crippen molar-refractivity contribution in [2.75, 3.05) is 19.0 Å². The van der Waals surface area contributed by atoms with E-state index in [1.165, 1.54) is 49.3 Å². The second-order valence-corrected chi connectivity index (χ2v) is 6.57. The van der Waals surface area contributed by atoms with Gasteiger partial charge in [0.2, 0.25) is 0 Å². The highest BCUT2D eigenvalue weighted by molar-refractivity contribution is 6.33. The molecule has 0 saturated heterocycles. The molecule has 0 atom stereocenters. The highest BCUT2D eigenvalue weighted by atomic mass is 35.5. The number of esters is 1. The third kappa shape index (κ3) is 4.35. The lowest BCUT2D eigenvalue weighted by Gasteiger charge is -2.16. The van der Waals surface area contributed by atoms with Crippen molar-refractivity contribution in [2.24, 2.45) is 0 Å². The molecule has 0 bridgehead atoms. The zero-order chi connectivity index (χ0) is 18.5. The standard InChI is InChI=1S/C20H20ClNO4/c1-25-20(24)15-7-9-17(21)18(11-15)22-19(23)12-26-16-8-6-13-4-2-3-5-14(13)10-16/h6-11H,2-5,12H2,1H3,(H,22,23). The Morgan fingerprint density at radius 2 is 1.85 bits per heavy atom. The van der Waals surface area contributed by atoms with Crippen molar-refractivity contribution in [3.8, 4) is 5.75 Å². The predicted molar refractivity (Wildman–Crippen MR) is 100 cm³/mol. The summed E-state index contributed by atoms with van der Waals surface area (Å²) in [7, 11) is 1.29. The fraction of sp³-hybridized carbons (Fsp3) is 0.300. The van der Waals surface area contributed by atoms with Gasteiger partial charge in [-0.25, -0.2) is 4.79 Å². The number of amides is 1. The molecule has 0 heterocycles. The molecule has 26 heavy (non-hydrogen) atoms. The number of anilines is 1. The van der Waals surface area contributed by atoms with Gasteiger partial charge in [0.25, 0.3) is 5.91 Å². The first-order valence-corrected chi connectivity index (χ1v) is 8.87. The smallest absolute Gasteiger partial charge is 0.337 e. The second-order valence-electron chi connectivity index (χ2n) is 6.16. The number of nitrogens with one attached hydrogen (secondary N) is 1. The molecule has 0 aliphatic heterocycles. The van der Waals surface area contributed by atoms with Gasteiger partial charge >= 0.3 is 5.97 Å². The lowest BCUT2D eigenvalue weighted by molar-refractivity contribution is -0.118. The topological polar surface area (TPSA) is 64.6 Å². The van der Waals surface area contributed by atoms with E-state index >= 15 is 0 Å². The number of rotatable bonds is 5. The van der Waals surface area contributed by atoms with Gasteiger partial charge in [0.1, 0.15) is 5.75 Å². The molecule has 2 aromatic carbocycles. The average Bonchev–Trinajstić information content (AvgIpc) is 2.67. The highest BCUT2D eigenvalue weighted by Crippen LogP contribution is 2.26. The summed E-state index contributed by atoms with van der Waals surface area (Å²) < 4.78 is 10.3. The summed E-state index contributed by atoms with van der Waals surface area (Å²) in [6.07, 6.45) is 4.56. The first-order valence-electron chi connectivity index (χ1n) is 8.49. The zero-order valence-corrected chi connectivity index (χ0v) is 15.3. The number of ether oxygens (including phenoxy) is 2. The van der Waals surface area contributed by atoms with Gasteiger partial charge < -0.3 is 14.8 Å². The number of aryl methyl sites for hydroxylation is 2. The van der Waals surface area contributed by atoms with Crippen molar-refractivity contribution < 1.29 is 19.1 Å². The molecule has 1 amide bonds. The number of hydrogen-bond donors (Lipinski definition) is 1. The van der Waals surface area contributed by atoms with E-state index in [-0.39, 0.29) is 12.5 Å². The molecule has 5 nitrogen and oxygen atoms in total. The summed E-state index contributed by atoms with van der Waals surface area (Å²) in [6, 6.07) is 10.5. The van der Waals surface area contributed by atoms with Gasteiger partial charge in [0.05, 0.1) is 23.4 Å². The Labute approximate surface area is 157 Å². The highest BCUT2D eigenvalue weighted by Gasteiger charge is 2.13. The molecule has 0 aromatic heterocycles. The molecule has 1 N–H and O–H groups in total. The van der Waals surface area contributed by atoms with Crippen LogP contribution in [0, 0.1) is 0 Å². The molecular weight excluding hydrogens is 354 g/mol. The van der Waals surface area contributed by atoms with E-state index in [4.69, 9.17) is 16.3 Å². The molecule has 3 rings (SSSR count). The Bertz CT molecular complexity index is 835. The van der Waals surface area contributed by atoms with Gasteiger partial charge in [-0.1, -0.05) is 17.7 Å². The van der Waals surface area contributed by atoms with E-state index in [0.29, 0.717) is 22.0 Å². The molecule has 6 heteroatoms. The average molecular weight is 374 g/mol. The Hall–Kier alpha value is -2.53. The van der Waals surface area contributed by atoms with Crippen LogP contribution in [0.3, 0.4) is 0 Å². The second kappa shape index (κ2) is 8.23. The first kappa shape index (κ1) is 18.3. The minimum atomic E-state index is -0.498. The Balaban J connectivity index is 1.62. The van der Waals surface area contributed by atoms with Crippen LogP contribution in [0.1, 0.15) is 34.3 Å². The number of fused-ring (bicyclic) bond motifs is 1. The summed E-state index contributed by atoms with van der Waals surface area (Å²) in [4.78, 5) is 23.8. The van der Waals surface area contributed by atoms with E-state index in [9.17, 15) is 9.59 Å². The Morgan fingerprint density at radius 1 is 1.08 bits per heavy atom. The third-order valence-corrected chi connectivity index (χ3v) is 4.68. The third-order valence-electron chi connectivity index (χ3n) is 4.35. The van der Waals surface area contributed by atoms with Crippen molar-refractivity contribution in [2.45, 2.75) is 25.7 Å². The summed E-state index contributed by atoms with van der Waals surface area (Å²) in [5.41, 5.74) is 3.30. The fourth-order valence-corrected chi connectivity index (χ4v) is 3.17. The first-order chi connectivity index (χ1) is 12.6. The normalized spacial score (nSPS) is 12.8. The minimum absolute atomic E-state index is 0.141. The van der Waals surface area contributed by atoms with Gasteiger partial charge in [-0.2, -0.15) is 0 Å². The van der Waals surface area contributed by atoms with Crippen LogP contribution < -0.4 is 10.1 Å². The Morgan fingerprint density at radius 3 is 2.62 bits per heavy atom. The van der Waals surface area contributed by atoms with Gasteiger partial charge in [0.15, 0.2) is 6.61 Å². The maximum absolute atomic E-state index is 12.2. The van der Waals surface area contributed by atoms with E-state index in [1.54, 1.807) is 0 Å². The molecule has 0 saturated carbocycles. The van der Waals surface area contributed by atoms with Gasteiger partial charge in [-0.05, 0) is 67.1 Å². The monoisotopic (exact) mass is 373 g/mol. The van der Waals surface area contributed by atoms with Crippen LogP contribution in [-0.2, 0) is 22.4 Å². The maximum atomic E-state index is 12.2. The van der Waals surface area contributed by atoms with Gasteiger partial charge in [-0.3, -0.25) is 4.79 Å². The van der Waals surface area contributed by atoms with Crippen LogP contribution in [0.15, 0.2) is 36.4 Å². The lowest BCUT2D eigenvalue weighted by atomic mass is 9.92. The molecule has 0 radical (unpaired) electrons. The number of carbonyl (C=O) groups excluding carboxylic acids is 2. The van der Waals surface area contributed by atoms with Crippen LogP contribution >= 0.6 is 11.6 Å². The van der Waals surface area contributed by atoms with E-state index in [1.807, 2.05) is 12.1 Å². The van der Waals surface area contributed by atoms with Crippen molar-refractivity contribution in [3.05, 3.63) is 58.1 Å². The fourth-order valence-electron chi connectivity index (χ4n) is 3.00. The SMILES string of the molecule is COC(=O)c1ccc(Cl)c(NC(=O)COc2ccc3c(c2)CCCC3)c1. The number of methoxy groups -OCH3 is 1. The van der Waals surface area contributed by atoms with E-state index in [2.05, 4.69) is 16.1 Å². The number of carbonyl (C=O) groups is 2. The molecule has 1 aliphatic carbocycles. The van der Waals surface area contributed by atoms with E-state index in [0.717, 1.165) is 12.8 Å². The molecule has 0 fully saturated rings. The molecular formula is C20H20ClNO4. The summed E-state index contributed by atoms with van der Waals surface area (Å²) in [5.74, 6) is -0.177. The summed E-state index contributed by atoms with van der Waals surface area (Å²) in [6.45, 7) is -0.141. The maximum Gasteiger partial charge on any atom is 0.337 e. The molecule has 136 valence electrons. The minimum Gasteiger partial charge on any atom is -0.484 e. The van der Waals surface area contributed by atoms with Crippen LogP contribution in [0.25, 0.3) is 0 Å². The molecule has 0 spiro atoms. The molecule has 2 aromatic rings. The molecule has 0 unspecified atom stereocenters. The van der Waals surface area contributed by atoms with Crippen LogP contribution in [0.5, 0.6) is 5.75 Å². The van der Waals surface area contributed by atoms with Crippen molar-refractivity contribution in [1.82, 2.24) is 0 Å². The molecule has 1 aliphatic rings. The number of hydrogen-bond acceptors (Lipinski definition) is 4. The largest absolute Gasteiger partial charge is 0.484 e. The lowest BCUT2D eigenvalue weighted by Crippen LogP contribution is -2.20. The van der Waals surface area contributed by atoms with Crippen molar-refractivity contribution in [3.63, 3.8) is 0 Å². The van der Waals surface area contributed by atoms with Gasteiger partial charge in [0, 0.05) is 0 Å². The van der Waals surface area contributed by atoms with Crippen molar-refractivity contribution in [1.29, 1.82) is 0 Å². The van der Waals surface area contributed by atoms with Crippen LogP contribution in [0.4, 0.5) is 5.69 Å². The van der Waals surface area contributed by atoms with Crippen molar-refractivity contribution >= 4 is 29.2 Å². The van der Waals surface area contributed by atoms with Crippen LogP contribution in [0.2, 0.25) is 5.02 Å². The summed E-state index contributed by atoms with van der Waals surface area (Å²) >= 11 is 6.08. The van der Waals surface area contributed by atoms with E-state index < -0.39 is 5.97 Å². The zero-order valence-electron chi connectivity index (χ0n) is 14.5.